The molecule has 0 saturated carbocycles. The van der Waals surface area contributed by atoms with E-state index >= 15 is 0 Å². The van der Waals surface area contributed by atoms with Crippen LogP contribution >= 0.6 is 0 Å². The van der Waals surface area contributed by atoms with Crippen molar-refractivity contribution in [3.8, 4) is 0 Å². The first kappa shape index (κ1) is 13.4. The van der Waals surface area contributed by atoms with Gasteiger partial charge in [0.05, 0.1) is 4.92 Å². The first-order valence-corrected chi connectivity index (χ1v) is 5.58. The van der Waals surface area contributed by atoms with Gasteiger partial charge in [-0.15, -0.1) is 0 Å². The number of aromatic nitrogens is 2. The van der Waals surface area contributed by atoms with Crippen molar-refractivity contribution in [3.05, 3.63) is 62.6 Å². The Morgan fingerprint density at radius 3 is 2.65 bits per heavy atom. The molecule has 0 aliphatic rings. The van der Waals surface area contributed by atoms with Gasteiger partial charge in [-0.2, -0.15) is 5.10 Å². The molecular formula is C12H10N4O4. The van der Waals surface area contributed by atoms with Crippen LogP contribution in [0.15, 0.2) is 41.2 Å². The number of benzene rings is 1. The third kappa shape index (κ3) is 2.69. The zero-order valence-corrected chi connectivity index (χ0v) is 10.4. The average Bonchev–Trinajstić information content (AvgIpc) is 2.42. The molecule has 0 aliphatic carbocycles. The molecule has 2 rings (SSSR count). The smallest absolute Gasteiger partial charge is 0.292 e. The molecule has 2 aromatic rings. The lowest BCUT2D eigenvalue weighted by molar-refractivity contribution is -0.383. The van der Waals surface area contributed by atoms with Crippen LogP contribution in [0.1, 0.15) is 10.5 Å². The second-order valence-electron chi connectivity index (χ2n) is 3.91. The van der Waals surface area contributed by atoms with Crippen molar-refractivity contribution in [2.24, 2.45) is 7.05 Å². The monoisotopic (exact) mass is 274 g/mol. The molecule has 0 fully saturated rings. The molecular weight excluding hydrogens is 264 g/mol. The second-order valence-corrected chi connectivity index (χ2v) is 3.91. The van der Waals surface area contributed by atoms with Crippen LogP contribution in [0.3, 0.4) is 0 Å². The summed E-state index contributed by atoms with van der Waals surface area (Å²) < 4.78 is 1.01. The van der Waals surface area contributed by atoms with Crippen molar-refractivity contribution in [1.29, 1.82) is 0 Å². The van der Waals surface area contributed by atoms with Gasteiger partial charge >= 0.3 is 0 Å². The number of carbonyl (C=O) groups excluding carboxylic acids is 1. The minimum absolute atomic E-state index is 0.00903. The maximum atomic E-state index is 11.9. The summed E-state index contributed by atoms with van der Waals surface area (Å²) >= 11 is 0. The number of nitro groups is 1. The van der Waals surface area contributed by atoms with Crippen LogP contribution in [0.5, 0.6) is 0 Å². The maximum Gasteiger partial charge on any atom is 0.292 e. The highest BCUT2D eigenvalue weighted by Crippen LogP contribution is 2.23. The Bertz CT molecular complexity index is 738. The Morgan fingerprint density at radius 1 is 1.30 bits per heavy atom. The van der Waals surface area contributed by atoms with Crippen LogP contribution < -0.4 is 10.9 Å². The topological polar surface area (TPSA) is 107 Å². The summed E-state index contributed by atoms with van der Waals surface area (Å²) in [7, 11) is 1.41. The fraction of sp³-hybridized carbons (Fsp3) is 0.0833. The normalized spacial score (nSPS) is 10.1. The molecule has 0 saturated heterocycles. The summed E-state index contributed by atoms with van der Waals surface area (Å²) in [5, 5.41) is 17.0. The highest BCUT2D eigenvalue weighted by molar-refractivity contribution is 6.03. The van der Waals surface area contributed by atoms with Crippen LogP contribution in [0.2, 0.25) is 0 Å². The average molecular weight is 274 g/mol. The van der Waals surface area contributed by atoms with E-state index in [1.807, 2.05) is 0 Å². The van der Waals surface area contributed by atoms with Gasteiger partial charge in [0.15, 0.2) is 0 Å². The number of anilines is 1. The number of nitrogens with one attached hydrogen (secondary N) is 1. The van der Waals surface area contributed by atoms with Gasteiger partial charge in [0.25, 0.3) is 17.2 Å². The summed E-state index contributed by atoms with van der Waals surface area (Å²) in [6, 6.07) is 8.21. The molecule has 0 aliphatic heterocycles. The van der Waals surface area contributed by atoms with Gasteiger partial charge in [-0.25, -0.2) is 4.68 Å². The van der Waals surface area contributed by atoms with Gasteiger partial charge in [0.1, 0.15) is 11.4 Å². The van der Waals surface area contributed by atoms with Gasteiger partial charge in [-0.05, 0) is 12.1 Å². The van der Waals surface area contributed by atoms with E-state index in [1.165, 1.54) is 37.4 Å². The molecule has 8 nitrogen and oxygen atoms in total. The largest absolute Gasteiger partial charge is 0.315 e. The first-order chi connectivity index (χ1) is 9.49. The number of hydrogen-bond donors (Lipinski definition) is 1. The highest BCUT2D eigenvalue weighted by Gasteiger charge is 2.16. The number of nitro benzene ring substituents is 1. The van der Waals surface area contributed by atoms with E-state index in [0.717, 1.165) is 4.68 Å². The highest BCUT2D eigenvalue weighted by atomic mass is 16.6. The molecule has 0 radical (unpaired) electrons. The molecule has 1 heterocycles. The minimum atomic E-state index is -0.630. The minimum Gasteiger partial charge on any atom is -0.315 e. The summed E-state index contributed by atoms with van der Waals surface area (Å²) in [5.41, 5.74) is -0.513. The summed E-state index contributed by atoms with van der Waals surface area (Å²) in [4.78, 5) is 33.4. The van der Waals surface area contributed by atoms with Gasteiger partial charge in [-0.3, -0.25) is 19.7 Å². The van der Waals surface area contributed by atoms with E-state index in [2.05, 4.69) is 10.4 Å². The number of aryl methyl sites for hydroxylation is 1. The molecule has 0 bridgehead atoms. The predicted molar refractivity (Wildman–Crippen MR) is 70.5 cm³/mol. The number of para-hydroxylation sites is 2. The van der Waals surface area contributed by atoms with Crippen molar-refractivity contribution >= 4 is 17.3 Å². The van der Waals surface area contributed by atoms with Gasteiger partial charge in [0, 0.05) is 19.2 Å². The van der Waals surface area contributed by atoms with Crippen LogP contribution in [-0.4, -0.2) is 20.6 Å². The van der Waals surface area contributed by atoms with Crippen molar-refractivity contribution in [3.63, 3.8) is 0 Å². The molecule has 0 spiro atoms. The first-order valence-electron chi connectivity index (χ1n) is 5.58. The maximum absolute atomic E-state index is 11.9. The third-order valence-electron chi connectivity index (χ3n) is 2.54. The third-order valence-corrected chi connectivity index (χ3v) is 2.54. The van der Waals surface area contributed by atoms with Gasteiger partial charge in [-0.1, -0.05) is 12.1 Å². The summed E-state index contributed by atoms with van der Waals surface area (Å²) in [6.07, 6.45) is 0. The molecule has 0 unspecified atom stereocenters. The van der Waals surface area contributed by atoms with E-state index in [1.54, 1.807) is 6.07 Å². The Balaban J connectivity index is 2.30. The van der Waals surface area contributed by atoms with E-state index in [-0.39, 0.29) is 22.6 Å². The molecule has 1 amide bonds. The number of amides is 1. The number of hydrogen-bond acceptors (Lipinski definition) is 5. The van der Waals surface area contributed by atoms with Crippen molar-refractivity contribution in [2.75, 3.05) is 5.32 Å². The van der Waals surface area contributed by atoms with Gasteiger partial charge in [0.2, 0.25) is 0 Å². The number of nitrogens with zero attached hydrogens (tertiary/aromatic N) is 3. The van der Waals surface area contributed by atoms with Crippen molar-refractivity contribution < 1.29 is 9.72 Å². The molecule has 1 aromatic carbocycles. The molecule has 20 heavy (non-hydrogen) atoms. The quantitative estimate of drug-likeness (QED) is 0.662. The lowest BCUT2D eigenvalue weighted by atomic mass is 10.2. The van der Waals surface area contributed by atoms with E-state index in [4.69, 9.17) is 0 Å². The fourth-order valence-corrected chi connectivity index (χ4v) is 1.55. The Hall–Kier alpha value is -3.03. The molecule has 1 aromatic heterocycles. The summed E-state index contributed by atoms with van der Waals surface area (Å²) in [5.74, 6) is -0.630. The molecule has 8 heteroatoms. The fourth-order valence-electron chi connectivity index (χ4n) is 1.55. The van der Waals surface area contributed by atoms with Gasteiger partial charge < -0.3 is 5.32 Å². The summed E-state index contributed by atoms with van der Waals surface area (Å²) in [6.45, 7) is 0. The van der Waals surface area contributed by atoms with Crippen molar-refractivity contribution in [1.82, 2.24) is 9.78 Å². The molecule has 0 atom stereocenters. The van der Waals surface area contributed by atoms with E-state index in [9.17, 15) is 19.7 Å². The Kier molecular flexibility index (Phi) is 3.56. The molecule has 1 N–H and O–H groups in total. The van der Waals surface area contributed by atoms with Crippen LogP contribution in [0, 0.1) is 10.1 Å². The second kappa shape index (κ2) is 5.31. The zero-order chi connectivity index (χ0) is 14.7. The zero-order valence-electron chi connectivity index (χ0n) is 10.4. The van der Waals surface area contributed by atoms with Crippen LogP contribution in [0.25, 0.3) is 0 Å². The lowest BCUT2D eigenvalue weighted by Gasteiger charge is -2.05. The molecule has 102 valence electrons. The number of rotatable bonds is 3. The number of carbonyl (C=O) groups is 1. The standard InChI is InChI=1S/C12H10N4O4/c1-15-11(17)7-6-9(14-15)12(18)13-8-4-2-3-5-10(8)16(19)20/h2-7H,1H3,(H,13,18). The predicted octanol–water partition coefficient (Wildman–Crippen LogP) is 0.941. The SMILES string of the molecule is Cn1nc(C(=O)Nc2ccccc2[N+](=O)[O-])ccc1=O. The Labute approximate surface area is 112 Å². The lowest BCUT2D eigenvalue weighted by Crippen LogP contribution is -2.23. The van der Waals surface area contributed by atoms with E-state index < -0.39 is 10.8 Å². The van der Waals surface area contributed by atoms with Crippen LogP contribution in [-0.2, 0) is 7.05 Å². The Morgan fingerprint density at radius 2 is 2.00 bits per heavy atom. The van der Waals surface area contributed by atoms with Crippen LogP contribution in [0.4, 0.5) is 11.4 Å². The van der Waals surface area contributed by atoms with E-state index in [0.29, 0.717) is 0 Å². The van der Waals surface area contributed by atoms with Crippen molar-refractivity contribution in [2.45, 2.75) is 0 Å².